The minimum absolute atomic E-state index is 0.322. The van der Waals surface area contributed by atoms with Crippen molar-refractivity contribution in [3.63, 3.8) is 0 Å². The normalized spacial score (nSPS) is 10.3. The van der Waals surface area contributed by atoms with E-state index in [4.69, 9.17) is 0 Å². The van der Waals surface area contributed by atoms with E-state index in [1.165, 1.54) is 13.2 Å². The zero-order valence-corrected chi connectivity index (χ0v) is 13.7. The van der Waals surface area contributed by atoms with Gasteiger partial charge in [-0.25, -0.2) is 9.78 Å². The van der Waals surface area contributed by atoms with Gasteiger partial charge in [0.2, 0.25) is 5.95 Å². The molecule has 6 heteroatoms. The predicted octanol–water partition coefficient (Wildman–Crippen LogP) is 2.97. The lowest BCUT2D eigenvalue weighted by atomic mass is 10.1. The first kappa shape index (κ1) is 16.4. The molecule has 0 saturated carbocycles. The van der Waals surface area contributed by atoms with E-state index in [9.17, 15) is 9.59 Å². The Morgan fingerprint density at radius 1 is 1.08 bits per heavy atom. The highest BCUT2D eigenvalue weighted by Crippen LogP contribution is 2.12. The van der Waals surface area contributed by atoms with Gasteiger partial charge in [0.1, 0.15) is 0 Å². The summed E-state index contributed by atoms with van der Waals surface area (Å²) in [5.41, 5.74) is 1.78. The number of anilines is 1. The Hall–Kier alpha value is -3.41. The molecule has 3 rings (SSSR count). The van der Waals surface area contributed by atoms with Crippen LogP contribution in [0.4, 0.5) is 5.95 Å². The second-order valence-electron chi connectivity index (χ2n) is 5.39. The van der Waals surface area contributed by atoms with Crippen LogP contribution in [0.5, 0.6) is 0 Å². The number of imidazole rings is 1. The number of carbonyl (C=O) groups is 2. The quantitative estimate of drug-likeness (QED) is 0.728. The molecule has 0 spiro atoms. The lowest BCUT2D eigenvalue weighted by Crippen LogP contribution is -2.17. The molecule has 0 saturated heterocycles. The van der Waals surface area contributed by atoms with Crippen LogP contribution in [0.2, 0.25) is 0 Å². The van der Waals surface area contributed by atoms with Gasteiger partial charge in [-0.15, -0.1) is 0 Å². The number of hydrogen-bond acceptors (Lipinski definition) is 4. The molecule has 0 bridgehead atoms. The predicted molar refractivity (Wildman–Crippen MR) is 93.5 cm³/mol. The van der Waals surface area contributed by atoms with Gasteiger partial charge in [0.05, 0.1) is 19.2 Å². The van der Waals surface area contributed by atoms with Crippen LogP contribution in [0.15, 0.2) is 67.0 Å². The summed E-state index contributed by atoms with van der Waals surface area (Å²) in [6, 6.07) is 16.2. The Morgan fingerprint density at radius 3 is 2.60 bits per heavy atom. The van der Waals surface area contributed by atoms with Gasteiger partial charge >= 0.3 is 5.97 Å². The first-order chi connectivity index (χ1) is 12.2. The summed E-state index contributed by atoms with van der Waals surface area (Å²) in [5.74, 6) is -0.385. The van der Waals surface area contributed by atoms with Crippen molar-refractivity contribution < 1.29 is 14.3 Å². The number of benzene rings is 2. The van der Waals surface area contributed by atoms with E-state index in [-0.39, 0.29) is 5.91 Å². The van der Waals surface area contributed by atoms with Crippen LogP contribution >= 0.6 is 0 Å². The number of nitrogens with zero attached hydrogens (tertiary/aromatic N) is 2. The monoisotopic (exact) mass is 335 g/mol. The average Bonchev–Trinajstić information content (AvgIpc) is 3.08. The lowest BCUT2D eigenvalue weighted by Gasteiger charge is -2.09. The Labute approximate surface area is 145 Å². The second kappa shape index (κ2) is 7.44. The van der Waals surface area contributed by atoms with Crippen molar-refractivity contribution in [1.82, 2.24) is 9.55 Å². The van der Waals surface area contributed by atoms with Crippen LogP contribution in [0.25, 0.3) is 0 Å². The Morgan fingerprint density at radius 2 is 1.84 bits per heavy atom. The summed E-state index contributed by atoms with van der Waals surface area (Å²) in [4.78, 5) is 28.2. The Kier molecular flexibility index (Phi) is 4.89. The van der Waals surface area contributed by atoms with Gasteiger partial charge in [-0.05, 0) is 23.8 Å². The van der Waals surface area contributed by atoms with Crippen LogP contribution in [0, 0.1) is 0 Å². The van der Waals surface area contributed by atoms with Gasteiger partial charge < -0.3 is 9.30 Å². The molecule has 0 fully saturated rings. The fourth-order valence-corrected chi connectivity index (χ4v) is 2.42. The fraction of sp³-hybridized carbons (Fsp3) is 0.105. The second-order valence-corrected chi connectivity index (χ2v) is 5.39. The van der Waals surface area contributed by atoms with Gasteiger partial charge in [-0.2, -0.15) is 0 Å². The highest BCUT2D eigenvalue weighted by molar-refractivity contribution is 6.04. The number of aromatic nitrogens is 2. The van der Waals surface area contributed by atoms with Gasteiger partial charge in [-0.3, -0.25) is 10.1 Å². The van der Waals surface area contributed by atoms with Crippen LogP contribution < -0.4 is 5.32 Å². The summed E-state index contributed by atoms with van der Waals surface area (Å²) >= 11 is 0. The number of ether oxygens (including phenoxy) is 1. The maximum atomic E-state index is 12.5. The molecule has 0 aliphatic heterocycles. The van der Waals surface area contributed by atoms with Gasteiger partial charge in [-0.1, -0.05) is 36.4 Å². The third-order valence-corrected chi connectivity index (χ3v) is 3.68. The fourth-order valence-electron chi connectivity index (χ4n) is 2.42. The number of methoxy groups -OCH3 is 1. The smallest absolute Gasteiger partial charge is 0.337 e. The topological polar surface area (TPSA) is 73.2 Å². The van der Waals surface area contributed by atoms with Crippen LogP contribution in [0.1, 0.15) is 26.3 Å². The minimum atomic E-state index is -0.486. The molecular weight excluding hydrogens is 318 g/mol. The van der Waals surface area contributed by atoms with Crippen molar-refractivity contribution in [2.24, 2.45) is 0 Å². The number of carbonyl (C=O) groups excluding carboxylic acids is 2. The van der Waals surface area contributed by atoms with E-state index in [0.29, 0.717) is 23.6 Å². The standard InChI is InChI=1S/C19H17N3O3/c1-25-18(24)16-9-5-8-15(12-16)17(23)21-19-20-10-11-22(19)13-14-6-3-2-4-7-14/h2-12H,13H2,1H3,(H,20,21,23). The molecular formula is C19H17N3O3. The molecule has 3 aromatic rings. The first-order valence-electron chi connectivity index (χ1n) is 7.72. The maximum Gasteiger partial charge on any atom is 0.337 e. The molecule has 126 valence electrons. The summed E-state index contributed by atoms with van der Waals surface area (Å²) in [6.45, 7) is 0.596. The SMILES string of the molecule is COC(=O)c1cccc(C(=O)Nc2nccn2Cc2ccccc2)c1. The molecule has 1 heterocycles. The van der Waals surface area contributed by atoms with E-state index < -0.39 is 5.97 Å². The van der Waals surface area contributed by atoms with E-state index in [1.54, 1.807) is 30.6 Å². The molecule has 1 amide bonds. The minimum Gasteiger partial charge on any atom is -0.465 e. The number of rotatable bonds is 5. The number of hydrogen-bond donors (Lipinski definition) is 1. The van der Waals surface area contributed by atoms with Gasteiger partial charge in [0.15, 0.2) is 0 Å². The van der Waals surface area contributed by atoms with Crippen molar-refractivity contribution in [1.29, 1.82) is 0 Å². The summed E-state index contributed by atoms with van der Waals surface area (Å²) in [5, 5.41) is 2.77. The summed E-state index contributed by atoms with van der Waals surface area (Å²) < 4.78 is 6.52. The molecule has 0 unspecified atom stereocenters. The molecule has 2 aromatic carbocycles. The summed E-state index contributed by atoms with van der Waals surface area (Å²) in [6.07, 6.45) is 3.43. The van der Waals surface area contributed by atoms with Crippen molar-refractivity contribution in [3.05, 3.63) is 83.7 Å². The largest absolute Gasteiger partial charge is 0.465 e. The Balaban J connectivity index is 1.76. The third kappa shape index (κ3) is 3.92. The zero-order chi connectivity index (χ0) is 17.6. The van der Waals surface area contributed by atoms with E-state index in [0.717, 1.165) is 5.56 Å². The molecule has 6 nitrogen and oxygen atoms in total. The molecule has 0 radical (unpaired) electrons. The van der Waals surface area contributed by atoms with Crippen LogP contribution in [-0.2, 0) is 11.3 Å². The summed E-state index contributed by atoms with van der Waals surface area (Å²) in [7, 11) is 1.30. The maximum absolute atomic E-state index is 12.5. The average molecular weight is 335 g/mol. The molecule has 0 aliphatic carbocycles. The Bertz CT molecular complexity index is 888. The number of esters is 1. The van der Waals surface area contributed by atoms with E-state index >= 15 is 0 Å². The molecule has 0 aliphatic rings. The molecule has 0 atom stereocenters. The van der Waals surface area contributed by atoms with E-state index in [2.05, 4.69) is 15.0 Å². The first-order valence-corrected chi connectivity index (χ1v) is 7.72. The van der Waals surface area contributed by atoms with Crippen LogP contribution in [0.3, 0.4) is 0 Å². The van der Waals surface area contributed by atoms with Gasteiger partial charge in [0, 0.05) is 18.0 Å². The van der Waals surface area contributed by atoms with Crippen LogP contribution in [-0.4, -0.2) is 28.5 Å². The number of nitrogens with one attached hydrogen (secondary N) is 1. The van der Waals surface area contributed by atoms with Crippen molar-refractivity contribution >= 4 is 17.8 Å². The molecule has 25 heavy (non-hydrogen) atoms. The lowest BCUT2D eigenvalue weighted by molar-refractivity contribution is 0.0600. The van der Waals surface area contributed by atoms with E-state index in [1.807, 2.05) is 34.9 Å². The highest BCUT2D eigenvalue weighted by atomic mass is 16.5. The third-order valence-electron chi connectivity index (χ3n) is 3.68. The highest BCUT2D eigenvalue weighted by Gasteiger charge is 2.13. The molecule has 1 N–H and O–H groups in total. The molecule has 1 aromatic heterocycles. The number of amides is 1. The van der Waals surface area contributed by atoms with Crippen molar-refractivity contribution in [2.45, 2.75) is 6.54 Å². The zero-order valence-electron chi connectivity index (χ0n) is 13.7. The van der Waals surface area contributed by atoms with Gasteiger partial charge in [0.25, 0.3) is 5.91 Å². The van der Waals surface area contributed by atoms with Crippen molar-refractivity contribution in [2.75, 3.05) is 12.4 Å². The van der Waals surface area contributed by atoms with Crippen molar-refractivity contribution in [3.8, 4) is 0 Å².